The van der Waals surface area contributed by atoms with Crippen LogP contribution in [0, 0.1) is 6.92 Å². The molecule has 3 heterocycles. The first-order valence-corrected chi connectivity index (χ1v) is 15.8. The third-order valence-corrected chi connectivity index (χ3v) is 8.87. The summed E-state index contributed by atoms with van der Waals surface area (Å²) in [4.78, 5) is 37.6. The van der Waals surface area contributed by atoms with Crippen LogP contribution < -0.4 is 10.6 Å². The van der Waals surface area contributed by atoms with E-state index in [1.54, 1.807) is 35.6 Å². The number of aryl methyl sites for hydroxylation is 1. The van der Waals surface area contributed by atoms with E-state index in [-0.39, 0.29) is 24.1 Å². The minimum absolute atomic E-state index is 0.0791. The zero-order valence-corrected chi connectivity index (χ0v) is 26.0. The van der Waals surface area contributed by atoms with E-state index in [4.69, 9.17) is 23.2 Å². The predicted octanol–water partition coefficient (Wildman–Crippen LogP) is 5.62. The lowest BCUT2D eigenvalue weighted by molar-refractivity contribution is 0.0735. The van der Waals surface area contributed by atoms with Gasteiger partial charge in [0.2, 0.25) is 0 Å². The molecular weight excluding hydrogens is 605 g/mol. The average Bonchev–Trinajstić information content (AvgIpc) is 3.65. The Kier molecular flexibility index (Phi) is 10.4. The molecule has 4 aromatic rings. The summed E-state index contributed by atoms with van der Waals surface area (Å²) in [5.41, 5.74) is 3.38. The number of benzene rings is 2. The van der Waals surface area contributed by atoms with Crippen LogP contribution in [0.1, 0.15) is 61.4 Å². The van der Waals surface area contributed by atoms with Gasteiger partial charge in [0.05, 0.1) is 29.3 Å². The first-order valence-electron chi connectivity index (χ1n) is 14.1. The molecule has 2 aromatic heterocycles. The van der Waals surface area contributed by atoms with Gasteiger partial charge in [-0.05, 0) is 61.6 Å². The van der Waals surface area contributed by atoms with E-state index in [9.17, 15) is 14.7 Å². The van der Waals surface area contributed by atoms with Crippen molar-refractivity contribution in [2.75, 3.05) is 13.1 Å². The van der Waals surface area contributed by atoms with Crippen LogP contribution in [0.3, 0.4) is 0 Å². The number of carbonyl (C=O) groups is 2. The molecule has 0 radical (unpaired) electrons. The van der Waals surface area contributed by atoms with E-state index in [1.807, 2.05) is 47.5 Å². The summed E-state index contributed by atoms with van der Waals surface area (Å²) in [6.45, 7) is 3.22. The van der Waals surface area contributed by atoms with Crippen molar-refractivity contribution in [3.63, 3.8) is 0 Å². The molecule has 5 rings (SSSR count). The molecule has 8 nitrogen and oxygen atoms in total. The maximum atomic E-state index is 13.5. The fraction of sp³-hybridized carbons (Fsp3) is 0.312. The van der Waals surface area contributed by atoms with Crippen molar-refractivity contribution >= 4 is 46.4 Å². The number of rotatable bonds is 11. The summed E-state index contributed by atoms with van der Waals surface area (Å²) in [7, 11) is 0. The maximum absolute atomic E-state index is 13.5. The normalized spacial score (nSPS) is 16.2. The summed E-state index contributed by atoms with van der Waals surface area (Å²) in [5, 5.41) is 21.4. The van der Waals surface area contributed by atoms with Gasteiger partial charge in [0, 0.05) is 53.1 Å². The standard InChI is InChI=1S/C32H33Cl2N5O3S/c1-20-19-43-31(37-20)28-8-5-9-39(28)32(42)24-13-23(16-36-17-24)30(41)38-27(12-21-6-3-2-4-7-21)29(40)18-35-15-22-10-25(33)14-26(34)11-22/h2-4,6-7,10-11,13-14,16-17,19,27-29,35,40H,5,8-9,12,15,18H2,1H3,(H,38,41)/t27-,28+,29+/m0/s1. The highest BCUT2D eigenvalue weighted by Crippen LogP contribution is 2.34. The van der Waals surface area contributed by atoms with Crippen LogP contribution in [-0.4, -0.2) is 57.0 Å². The number of hydrogen-bond donors (Lipinski definition) is 3. The maximum Gasteiger partial charge on any atom is 0.256 e. The van der Waals surface area contributed by atoms with Gasteiger partial charge in [0.15, 0.2) is 0 Å². The molecule has 3 N–H and O–H groups in total. The SMILES string of the molecule is Cc1csc([C@H]2CCCN2C(=O)c2cncc(C(=O)N[C@@H](Cc3ccccc3)[C@H](O)CNCc3cc(Cl)cc(Cl)c3)c2)n1. The molecule has 3 atom stereocenters. The number of amides is 2. The van der Waals surface area contributed by atoms with Crippen LogP contribution in [0.15, 0.2) is 72.4 Å². The molecule has 1 aliphatic rings. The van der Waals surface area contributed by atoms with E-state index in [1.165, 1.54) is 12.4 Å². The smallest absolute Gasteiger partial charge is 0.256 e. The topological polar surface area (TPSA) is 107 Å². The number of aromatic nitrogens is 2. The molecule has 2 aromatic carbocycles. The Balaban J connectivity index is 1.27. The van der Waals surface area contributed by atoms with Crippen molar-refractivity contribution in [1.29, 1.82) is 0 Å². The van der Waals surface area contributed by atoms with Crippen molar-refractivity contribution in [1.82, 2.24) is 25.5 Å². The van der Waals surface area contributed by atoms with Gasteiger partial charge >= 0.3 is 0 Å². The van der Waals surface area contributed by atoms with Crippen molar-refractivity contribution in [2.24, 2.45) is 0 Å². The summed E-state index contributed by atoms with van der Waals surface area (Å²) in [6, 6.07) is 15.8. The Morgan fingerprint density at radius 3 is 2.53 bits per heavy atom. The minimum Gasteiger partial charge on any atom is -0.390 e. The molecule has 1 fully saturated rings. The Hall–Kier alpha value is -3.34. The second-order valence-electron chi connectivity index (χ2n) is 10.7. The van der Waals surface area contributed by atoms with Gasteiger partial charge in [-0.3, -0.25) is 14.6 Å². The van der Waals surface area contributed by atoms with Crippen LogP contribution in [0.2, 0.25) is 10.0 Å². The van der Waals surface area contributed by atoms with Crippen LogP contribution in [0.25, 0.3) is 0 Å². The van der Waals surface area contributed by atoms with Gasteiger partial charge in [0.25, 0.3) is 11.8 Å². The van der Waals surface area contributed by atoms with Crippen molar-refractivity contribution < 1.29 is 14.7 Å². The quantitative estimate of drug-likeness (QED) is 0.197. The monoisotopic (exact) mass is 637 g/mol. The zero-order valence-electron chi connectivity index (χ0n) is 23.7. The summed E-state index contributed by atoms with van der Waals surface area (Å²) in [5.74, 6) is -0.596. The Morgan fingerprint density at radius 2 is 1.81 bits per heavy atom. The molecule has 0 unspecified atom stereocenters. The van der Waals surface area contributed by atoms with E-state index in [2.05, 4.69) is 20.6 Å². The second-order valence-corrected chi connectivity index (χ2v) is 12.5. The second kappa shape index (κ2) is 14.4. The van der Waals surface area contributed by atoms with Gasteiger partial charge < -0.3 is 20.6 Å². The van der Waals surface area contributed by atoms with Gasteiger partial charge in [-0.2, -0.15) is 0 Å². The lowest BCUT2D eigenvalue weighted by Gasteiger charge is -2.25. The zero-order chi connectivity index (χ0) is 30.3. The number of nitrogens with zero attached hydrogens (tertiary/aromatic N) is 3. The number of thiazole rings is 1. The number of hydrogen-bond acceptors (Lipinski definition) is 7. The largest absolute Gasteiger partial charge is 0.390 e. The van der Waals surface area contributed by atoms with Crippen LogP contribution in [0.4, 0.5) is 0 Å². The first-order chi connectivity index (χ1) is 20.8. The number of nitrogens with one attached hydrogen (secondary N) is 2. The molecule has 0 saturated carbocycles. The van der Waals surface area contributed by atoms with E-state index < -0.39 is 18.1 Å². The molecule has 0 bridgehead atoms. The number of aliphatic hydroxyl groups is 1. The highest BCUT2D eigenvalue weighted by molar-refractivity contribution is 7.09. The number of pyridine rings is 1. The highest BCUT2D eigenvalue weighted by atomic mass is 35.5. The fourth-order valence-electron chi connectivity index (χ4n) is 5.26. The Labute approximate surface area is 265 Å². The first kappa shape index (κ1) is 31.1. The van der Waals surface area contributed by atoms with Gasteiger partial charge in [0.1, 0.15) is 5.01 Å². The number of halogens is 2. The van der Waals surface area contributed by atoms with Crippen LogP contribution >= 0.6 is 34.5 Å². The average molecular weight is 639 g/mol. The van der Waals surface area contributed by atoms with Gasteiger partial charge in [-0.15, -0.1) is 11.3 Å². The number of likely N-dealkylation sites (tertiary alicyclic amines) is 1. The van der Waals surface area contributed by atoms with E-state index in [0.717, 1.165) is 34.7 Å². The van der Waals surface area contributed by atoms with Crippen LogP contribution in [0.5, 0.6) is 0 Å². The third kappa shape index (κ3) is 8.19. The molecule has 43 heavy (non-hydrogen) atoms. The Morgan fingerprint density at radius 1 is 1.07 bits per heavy atom. The number of aliphatic hydroxyl groups excluding tert-OH is 1. The molecule has 0 spiro atoms. The highest BCUT2D eigenvalue weighted by Gasteiger charge is 2.33. The molecule has 1 aliphatic heterocycles. The van der Waals surface area contributed by atoms with Crippen molar-refractivity contribution in [3.8, 4) is 0 Å². The van der Waals surface area contributed by atoms with Crippen molar-refractivity contribution in [3.05, 3.63) is 115 Å². The lowest BCUT2D eigenvalue weighted by atomic mass is 10.0. The summed E-state index contributed by atoms with van der Waals surface area (Å²) < 4.78 is 0. The molecule has 0 aliphatic carbocycles. The molecular formula is C32H33Cl2N5O3S. The fourth-order valence-corrected chi connectivity index (χ4v) is 6.78. The van der Waals surface area contributed by atoms with Crippen molar-refractivity contribution in [2.45, 2.75) is 50.9 Å². The molecule has 224 valence electrons. The predicted molar refractivity (Wildman–Crippen MR) is 170 cm³/mol. The summed E-state index contributed by atoms with van der Waals surface area (Å²) in [6.07, 6.45) is 4.16. The van der Waals surface area contributed by atoms with Crippen LogP contribution in [-0.2, 0) is 13.0 Å². The minimum atomic E-state index is -0.913. The molecule has 1 saturated heterocycles. The molecule has 11 heteroatoms. The molecule has 2 amide bonds. The number of carbonyl (C=O) groups excluding carboxylic acids is 2. The van der Waals surface area contributed by atoms with E-state index >= 15 is 0 Å². The van der Waals surface area contributed by atoms with Gasteiger partial charge in [-0.25, -0.2) is 4.98 Å². The summed E-state index contributed by atoms with van der Waals surface area (Å²) >= 11 is 13.8. The van der Waals surface area contributed by atoms with E-state index in [0.29, 0.717) is 35.1 Å². The van der Waals surface area contributed by atoms with Gasteiger partial charge in [-0.1, -0.05) is 53.5 Å². The third-order valence-electron chi connectivity index (χ3n) is 7.37. The Bertz CT molecular complexity index is 1550. The lowest BCUT2D eigenvalue weighted by Crippen LogP contribution is -2.48.